The lowest BCUT2D eigenvalue weighted by Gasteiger charge is -2.33. The highest BCUT2D eigenvalue weighted by Gasteiger charge is 2.21. The highest BCUT2D eigenvalue weighted by molar-refractivity contribution is 5.49. The highest BCUT2D eigenvalue weighted by atomic mass is 16.5. The lowest BCUT2D eigenvalue weighted by Crippen LogP contribution is -2.44. The number of morpholine rings is 1. The third-order valence-electron chi connectivity index (χ3n) is 2.85. The molecule has 1 atom stereocenters. The van der Waals surface area contributed by atoms with Crippen molar-refractivity contribution in [3.8, 4) is 0 Å². The number of hydrogen-bond acceptors (Lipinski definition) is 8. The minimum atomic E-state index is -0.191. The molecule has 19 heavy (non-hydrogen) atoms. The summed E-state index contributed by atoms with van der Waals surface area (Å²) in [5.41, 5.74) is 2.52. The lowest BCUT2D eigenvalue weighted by atomic mass is 10.3. The summed E-state index contributed by atoms with van der Waals surface area (Å²) in [6.45, 7) is 2.17. The molecule has 1 aliphatic heterocycles. The molecule has 4 N–H and O–H groups in total. The van der Waals surface area contributed by atoms with E-state index in [1.807, 2.05) is 4.90 Å². The molecule has 8 nitrogen and oxygen atoms in total. The molecule has 1 fully saturated rings. The minimum Gasteiger partial charge on any atom is -0.394 e. The number of anilines is 2. The van der Waals surface area contributed by atoms with Crippen LogP contribution in [-0.2, 0) is 16.1 Å². The summed E-state index contributed by atoms with van der Waals surface area (Å²) in [4.78, 5) is 10.7. The van der Waals surface area contributed by atoms with Gasteiger partial charge in [-0.15, -0.1) is 0 Å². The van der Waals surface area contributed by atoms with Crippen LogP contribution in [0, 0.1) is 0 Å². The summed E-state index contributed by atoms with van der Waals surface area (Å²) >= 11 is 0. The van der Waals surface area contributed by atoms with E-state index in [9.17, 15) is 0 Å². The molecular weight excluding hydrogens is 250 g/mol. The van der Waals surface area contributed by atoms with Crippen LogP contribution >= 0.6 is 0 Å². The van der Waals surface area contributed by atoms with E-state index in [0.29, 0.717) is 37.9 Å². The first-order valence-corrected chi connectivity index (χ1v) is 6.07. The number of methoxy groups -OCH3 is 1. The molecule has 106 valence electrons. The maximum Gasteiger partial charge on any atom is 0.158 e. The van der Waals surface area contributed by atoms with E-state index in [-0.39, 0.29) is 12.7 Å². The smallest absolute Gasteiger partial charge is 0.158 e. The fourth-order valence-electron chi connectivity index (χ4n) is 1.95. The quantitative estimate of drug-likeness (QED) is 0.467. The van der Waals surface area contributed by atoms with Gasteiger partial charge in [0.1, 0.15) is 18.2 Å². The Morgan fingerprint density at radius 3 is 3.16 bits per heavy atom. The molecule has 1 aromatic heterocycles. The molecule has 0 aromatic carbocycles. The average molecular weight is 269 g/mol. The van der Waals surface area contributed by atoms with Crippen LogP contribution in [-0.4, -0.2) is 54.6 Å². The molecule has 1 aromatic rings. The topological polar surface area (TPSA) is 106 Å². The molecule has 0 saturated carbocycles. The van der Waals surface area contributed by atoms with E-state index in [1.54, 1.807) is 13.2 Å². The Hall–Kier alpha value is -1.48. The molecule has 1 aliphatic rings. The predicted octanol–water partition coefficient (Wildman–Crippen LogP) is -0.894. The number of nitrogens with one attached hydrogen (secondary N) is 1. The van der Waals surface area contributed by atoms with Gasteiger partial charge in [-0.3, -0.25) is 0 Å². The largest absolute Gasteiger partial charge is 0.394 e. The Labute approximate surface area is 111 Å². The van der Waals surface area contributed by atoms with E-state index in [4.69, 9.17) is 20.4 Å². The number of nitrogens with zero attached hydrogens (tertiary/aromatic N) is 3. The first kappa shape index (κ1) is 13.9. The molecular formula is C11H19N5O3. The van der Waals surface area contributed by atoms with E-state index in [1.165, 1.54) is 0 Å². The zero-order chi connectivity index (χ0) is 13.7. The molecule has 8 heteroatoms. The fraction of sp³-hybridized carbons (Fsp3) is 0.636. The maximum atomic E-state index is 9.16. The predicted molar refractivity (Wildman–Crippen MR) is 69.6 cm³/mol. The highest BCUT2D eigenvalue weighted by Crippen LogP contribution is 2.18. The van der Waals surface area contributed by atoms with Crippen molar-refractivity contribution in [3.05, 3.63) is 11.9 Å². The van der Waals surface area contributed by atoms with Gasteiger partial charge in [-0.05, 0) is 0 Å². The van der Waals surface area contributed by atoms with Crippen LogP contribution in [0.3, 0.4) is 0 Å². The molecule has 0 amide bonds. The van der Waals surface area contributed by atoms with Crippen LogP contribution in [0.5, 0.6) is 0 Å². The van der Waals surface area contributed by atoms with Gasteiger partial charge in [0.05, 0.1) is 19.3 Å². The average Bonchev–Trinajstić information content (AvgIpc) is 2.47. The van der Waals surface area contributed by atoms with Crippen LogP contribution in [0.15, 0.2) is 6.07 Å². The Kier molecular flexibility index (Phi) is 4.86. The molecule has 0 spiro atoms. The zero-order valence-electron chi connectivity index (χ0n) is 10.9. The number of aromatic nitrogens is 2. The van der Waals surface area contributed by atoms with E-state index >= 15 is 0 Å². The monoisotopic (exact) mass is 269 g/mol. The maximum absolute atomic E-state index is 9.16. The first-order chi connectivity index (χ1) is 9.26. The number of aliphatic hydroxyl groups excluding tert-OH is 1. The van der Waals surface area contributed by atoms with Crippen molar-refractivity contribution >= 4 is 11.6 Å². The number of ether oxygens (including phenoxy) is 2. The number of rotatable bonds is 5. The SMILES string of the molecule is COCc1nc(NN)cc(N2CCOC(CO)C2)n1. The van der Waals surface area contributed by atoms with Gasteiger partial charge in [-0.1, -0.05) is 0 Å². The van der Waals surface area contributed by atoms with Crippen LogP contribution < -0.4 is 16.2 Å². The molecule has 1 unspecified atom stereocenters. The molecule has 1 saturated heterocycles. The van der Waals surface area contributed by atoms with Gasteiger partial charge in [0.2, 0.25) is 0 Å². The van der Waals surface area contributed by atoms with E-state index < -0.39 is 0 Å². The van der Waals surface area contributed by atoms with E-state index in [0.717, 1.165) is 5.82 Å². The van der Waals surface area contributed by atoms with Crippen molar-refractivity contribution in [3.63, 3.8) is 0 Å². The summed E-state index contributed by atoms with van der Waals surface area (Å²) in [6.07, 6.45) is -0.191. The van der Waals surface area contributed by atoms with Crippen molar-refractivity contribution < 1.29 is 14.6 Å². The van der Waals surface area contributed by atoms with Gasteiger partial charge in [-0.2, -0.15) is 0 Å². The third kappa shape index (κ3) is 3.51. The van der Waals surface area contributed by atoms with Gasteiger partial charge in [0.25, 0.3) is 0 Å². The molecule has 2 heterocycles. The van der Waals surface area contributed by atoms with Crippen LogP contribution in [0.4, 0.5) is 11.6 Å². The number of nitrogens with two attached hydrogens (primary N) is 1. The standard InChI is InChI=1S/C11H19N5O3/c1-18-7-10-13-9(15-12)4-11(14-10)16-2-3-19-8(5-16)6-17/h4,8,17H,2-3,5-7,12H2,1H3,(H,13,14,15). The first-order valence-electron chi connectivity index (χ1n) is 6.07. The third-order valence-corrected chi connectivity index (χ3v) is 2.85. The summed E-state index contributed by atoms with van der Waals surface area (Å²) in [6, 6.07) is 1.76. The summed E-state index contributed by atoms with van der Waals surface area (Å²) in [5, 5.41) is 9.16. The lowest BCUT2D eigenvalue weighted by molar-refractivity contribution is 0.00333. The van der Waals surface area contributed by atoms with Gasteiger partial charge in [-0.25, -0.2) is 15.8 Å². The minimum absolute atomic E-state index is 0.00545. The summed E-state index contributed by atoms with van der Waals surface area (Å²) < 4.78 is 10.4. The Morgan fingerprint density at radius 1 is 1.63 bits per heavy atom. The van der Waals surface area contributed by atoms with Crippen molar-refractivity contribution in [1.82, 2.24) is 9.97 Å². The van der Waals surface area contributed by atoms with Crippen molar-refractivity contribution in [2.75, 3.05) is 43.7 Å². The van der Waals surface area contributed by atoms with Gasteiger partial charge in [0.15, 0.2) is 5.82 Å². The molecule has 2 rings (SSSR count). The van der Waals surface area contributed by atoms with Gasteiger partial charge >= 0.3 is 0 Å². The zero-order valence-corrected chi connectivity index (χ0v) is 10.9. The molecule has 0 bridgehead atoms. The number of hydrogen-bond donors (Lipinski definition) is 3. The van der Waals surface area contributed by atoms with Crippen LogP contribution in [0.1, 0.15) is 5.82 Å². The van der Waals surface area contributed by atoms with Crippen molar-refractivity contribution in [2.45, 2.75) is 12.7 Å². The molecule has 0 aliphatic carbocycles. The van der Waals surface area contributed by atoms with Crippen LogP contribution in [0.2, 0.25) is 0 Å². The number of aliphatic hydroxyl groups is 1. The normalized spacial score (nSPS) is 19.5. The Morgan fingerprint density at radius 2 is 2.47 bits per heavy atom. The van der Waals surface area contributed by atoms with Gasteiger partial charge < -0.3 is 24.9 Å². The van der Waals surface area contributed by atoms with Crippen LogP contribution in [0.25, 0.3) is 0 Å². The molecule has 0 radical (unpaired) electrons. The Balaban J connectivity index is 2.19. The van der Waals surface area contributed by atoms with Crippen molar-refractivity contribution in [2.24, 2.45) is 5.84 Å². The fourth-order valence-corrected chi connectivity index (χ4v) is 1.95. The summed E-state index contributed by atoms with van der Waals surface area (Å²) in [7, 11) is 1.59. The van der Waals surface area contributed by atoms with Crippen molar-refractivity contribution in [1.29, 1.82) is 0 Å². The second-order valence-electron chi connectivity index (χ2n) is 4.23. The van der Waals surface area contributed by atoms with Gasteiger partial charge in [0, 0.05) is 26.3 Å². The summed E-state index contributed by atoms with van der Waals surface area (Å²) in [5.74, 6) is 7.24. The Bertz CT molecular complexity index is 417. The number of hydrazine groups is 1. The van der Waals surface area contributed by atoms with E-state index in [2.05, 4.69) is 15.4 Å². The number of nitrogen functional groups attached to an aromatic ring is 1. The second kappa shape index (κ2) is 6.62. The second-order valence-corrected chi connectivity index (χ2v) is 4.23.